The van der Waals surface area contributed by atoms with Crippen LogP contribution in [0.25, 0.3) is 10.9 Å². The fourth-order valence-electron chi connectivity index (χ4n) is 3.16. The van der Waals surface area contributed by atoms with E-state index in [-0.39, 0.29) is 5.69 Å². The number of carbonyl (C=O) groups is 1. The van der Waals surface area contributed by atoms with Crippen LogP contribution in [0.4, 0.5) is 29.3 Å². The number of aromatic nitrogens is 1. The molecule has 0 aliphatic heterocycles. The molecule has 0 saturated carbocycles. The van der Waals surface area contributed by atoms with Crippen molar-refractivity contribution in [1.29, 1.82) is 0 Å². The van der Waals surface area contributed by atoms with Crippen LogP contribution in [0.3, 0.4) is 0 Å². The lowest BCUT2D eigenvalue weighted by Crippen LogP contribution is -2.19. The maximum atomic E-state index is 13.0. The van der Waals surface area contributed by atoms with Gasteiger partial charge in [0.25, 0.3) is 0 Å². The molecule has 2 N–H and O–H groups in total. The van der Waals surface area contributed by atoms with Gasteiger partial charge in [-0.25, -0.2) is 4.79 Å². The van der Waals surface area contributed by atoms with Crippen molar-refractivity contribution < 1.29 is 27.4 Å². The first kappa shape index (κ1) is 23.2. The Kier molecular flexibility index (Phi) is 6.47. The lowest BCUT2D eigenvalue weighted by Gasteiger charge is -2.13. The monoisotopic (exact) mass is 487 g/mol. The molecule has 2 amide bonds. The van der Waals surface area contributed by atoms with E-state index in [2.05, 4.69) is 15.6 Å². The number of anilines is 2. The number of nitrogens with one attached hydrogen (secondary N) is 2. The second kappa shape index (κ2) is 9.48. The van der Waals surface area contributed by atoms with Crippen molar-refractivity contribution in [2.45, 2.75) is 6.18 Å². The molecule has 4 aromatic rings. The lowest BCUT2D eigenvalue weighted by atomic mass is 10.2. The minimum absolute atomic E-state index is 0.0471. The second-order valence-corrected chi connectivity index (χ2v) is 7.50. The number of benzene rings is 3. The number of carbonyl (C=O) groups excluding carboxylic acids is 1. The van der Waals surface area contributed by atoms with Crippen LogP contribution in [-0.4, -0.2) is 18.1 Å². The summed E-state index contributed by atoms with van der Waals surface area (Å²) in [5, 5.41) is 5.23. The minimum atomic E-state index is -4.63. The number of halogens is 4. The van der Waals surface area contributed by atoms with Crippen molar-refractivity contribution in [3.05, 3.63) is 83.5 Å². The number of alkyl halides is 3. The number of ether oxygens (including phenoxy) is 2. The van der Waals surface area contributed by atoms with E-state index in [1.165, 1.54) is 6.07 Å². The summed E-state index contributed by atoms with van der Waals surface area (Å²) >= 11 is 5.60. The maximum absolute atomic E-state index is 13.0. The predicted octanol–water partition coefficient (Wildman–Crippen LogP) is 7.35. The SMILES string of the molecule is COc1ccc2nccc(Oc3ccc(NC(=O)Nc4ccc(Cl)c(C(F)(F)F)c4)cc3)c2c1. The Morgan fingerprint density at radius 3 is 2.29 bits per heavy atom. The van der Waals surface area contributed by atoms with Crippen LogP contribution in [0, 0.1) is 0 Å². The first-order valence-corrected chi connectivity index (χ1v) is 10.3. The number of fused-ring (bicyclic) bond motifs is 1. The Hall–Kier alpha value is -3.98. The second-order valence-electron chi connectivity index (χ2n) is 7.09. The quantitative estimate of drug-likeness (QED) is 0.308. The van der Waals surface area contributed by atoms with Crippen molar-refractivity contribution in [2.24, 2.45) is 0 Å². The van der Waals surface area contributed by atoms with Gasteiger partial charge >= 0.3 is 12.2 Å². The third kappa shape index (κ3) is 5.32. The van der Waals surface area contributed by atoms with Gasteiger partial charge in [0.15, 0.2) is 0 Å². The number of nitrogens with zero attached hydrogens (tertiary/aromatic N) is 1. The van der Waals surface area contributed by atoms with Crippen LogP contribution < -0.4 is 20.1 Å². The zero-order valence-electron chi connectivity index (χ0n) is 17.6. The number of pyridine rings is 1. The Bertz CT molecular complexity index is 1350. The van der Waals surface area contributed by atoms with Crippen molar-refractivity contribution in [2.75, 3.05) is 17.7 Å². The fraction of sp³-hybridized carbons (Fsp3) is 0.0833. The Balaban J connectivity index is 1.44. The highest BCUT2D eigenvalue weighted by Crippen LogP contribution is 2.36. The highest BCUT2D eigenvalue weighted by atomic mass is 35.5. The van der Waals surface area contributed by atoms with E-state index in [1.54, 1.807) is 49.7 Å². The number of hydrogen-bond donors (Lipinski definition) is 2. The van der Waals surface area contributed by atoms with Crippen LogP contribution in [0.2, 0.25) is 5.02 Å². The van der Waals surface area contributed by atoms with Gasteiger partial charge in [0.2, 0.25) is 0 Å². The van der Waals surface area contributed by atoms with Crippen molar-refractivity contribution in [3.8, 4) is 17.2 Å². The van der Waals surface area contributed by atoms with Gasteiger partial charge in [-0.1, -0.05) is 11.6 Å². The highest BCUT2D eigenvalue weighted by Gasteiger charge is 2.33. The number of rotatable bonds is 5. The molecule has 174 valence electrons. The van der Waals surface area contributed by atoms with Crippen LogP contribution in [-0.2, 0) is 6.18 Å². The molecule has 3 aromatic carbocycles. The van der Waals surface area contributed by atoms with Gasteiger partial charge in [-0.2, -0.15) is 13.2 Å². The van der Waals surface area contributed by atoms with Crippen molar-refractivity contribution in [3.63, 3.8) is 0 Å². The standard InChI is InChI=1S/C24H17ClF3N3O3/c1-33-17-7-9-21-18(13-17)22(10-11-29-21)34-16-5-2-14(3-6-16)30-23(32)31-15-4-8-20(25)19(12-15)24(26,27)28/h2-13H,1H3,(H2,30,31,32). The van der Waals surface area contributed by atoms with Gasteiger partial charge in [-0.05, 0) is 66.7 Å². The third-order valence-corrected chi connectivity index (χ3v) is 5.11. The number of amides is 2. The number of methoxy groups -OCH3 is 1. The van der Waals surface area contributed by atoms with E-state index < -0.39 is 22.8 Å². The van der Waals surface area contributed by atoms with E-state index in [1.807, 2.05) is 12.1 Å². The van der Waals surface area contributed by atoms with Crippen LogP contribution in [0.15, 0.2) is 72.9 Å². The van der Waals surface area contributed by atoms with Gasteiger partial charge in [0, 0.05) is 23.0 Å². The minimum Gasteiger partial charge on any atom is -0.497 e. The first-order chi connectivity index (χ1) is 16.2. The van der Waals surface area contributed by atoms with E-state index in [0.29, 0.717) is 22.9 Å². The topological polar surface area (TPSA) is 72.5 Å². The molecule has 0 aliphatic rings. The molecule has 0 aliphatic carbocycles. The maximum Gasteiger partial charge on any atom is 0.417 e. The summed E-state index contributed by atoms with van der Waals surface area (Å²) in [6.07, 6.45) is -3.00. The Morgan fingerprint density at radius 1 is 0.912 bits per heavy atom. The summed E-state index contributed by atoms with van der Waals surface area (Å²) in [6.45, 7) is 0. The summed E-state index contributed by atoms with van der Waals surface area (Å²) in [7, 11) is 1.57. The van der Waals surface area contributed by atoms with Crippen molar-refractivity contribution in [1.82, 2.24) is 4.98 Å². The molecule has 1 heterocycles. The van der Waals surface area contributed by atoms with Crippen LogP contribution in [0.5, 0.6) is 17.2 Å². The van der Waals surface area contributed by atoms with E-state index in [4.69, 9.17) is 21.1 Å². The summed E-state index contributed by atoms with van der Waals surface area (Å²) in [4.78, 5) is 16.5. The van der Waals surface area contributed by atoms with Crippen molar-refractivity contribution >= 4 is 39.9 Å². The van der Waals surface area contributed by atoms with Crippen LogP contribution >= 0.6 is 11.6 Å². The van der Waals surface area contributed by atoms with Gasteiger partial charge in [-0.15, -0.1) is 0 Å². The van der Waals surface area contributed by atoms with Gasteiger partial charge in [0.05, 0.1) is 23.2 Å². The molecular weight excluding hydrogens is 471 g/mol. The average Bonchev–Trinajstić information content (AvgIpc) is 2.81. The Morgan fingerprint density at radius 2 is 1.59 bits per heavy atom. The van der Waals surface area contributed by atoms with Gasteiger partial charge < -0.3 is 20.1 Å². The van der Waals surface area contributed by atoms with Gasteiger partial charge in [0.1, 0.15) is 17.2 Å². The normalized spacial score (nSPS) is 11.2. The molecule has 0 fully saturated rings. The zero-order valence-corrected chi connectivity index (χ0v) is 18.4. The summed E-state index contributed by atoms with van der Waals surface area (Å²) in [5.74, 6) is 1.75. The molecule has 0 radical (unpaired) electrons. The molecule has 1 aromatic heterocycles. The molecule has 0 bridgehead atoms. The summed E-state index contributed by atoms with van der Waals surface area (Å²) < 4.78 is 50.2. The molecule has 0 spiro atoms. The molecule has 0 atom stereocenters. The number of hydrogen-bond acceptors (Lipinski definition) is 4. The molecular formula is C24H17ClF3N3O3. The third-order valence-electron chi connectivity index (χ3n) is 4.78. The average molecular weight is 488 g/mol. The van der Waals surface area contributed by atoms with E-state index in [9.17, 15) is 18.0 Å². The highest BCUT2D eigenvalue weighted by molar-refractivity contribution is 6.31. The molecule has 0 unspecified atom stereocenters. The van der Waals surface area contributed by atoms with E-state index in [0.717, 1.165) is 23.0 Å². The van der Waals surface area contributed by atoms with Crippen LogP contribution in [0.1, 0.15) is 5.56 Å². The van der Waals surface area contributed by atoms with E-state index >= 15 is 0 Å². The molecule has 4 rings (SSSR count). The smallest absolute Gasteiger partial charge is 0.417 e. The first-order valence-electron chi connectivity index (χ1n) is 9.88. The zero-order chi connectivity index (χ0) is 24.3. The van der Waals surface area contributed by atoms with Gasteiger partial charge in [-0.3, -0.25) is 4.98 Å². The molecule has 6 nitrogen and oxygen atoms in total. The fourth-order valence-corrected chi connectivity index (χ4v) is 3.39. The summed E-state index contributed by atoms with van der Waals surface area (Å²) in [5.41, 5.74) is 0.0733. The largest absolute Gasteiger partial charge is 0.497 e. The molecule has 34 heavy (non-hydrogen) atoms. The predicted molar refractivity (Wildman–Crippen MR) is 124 cm³/mol. The molecule has 10 heteroatoms. The molecule has 0 saturated heterocycles. The summed E-state index contributed by atoms with van der Waals surface area (Å²) in [6, 6.07) is 16.1. The number of urea groups is 1. The lowest BCUT2D eigenvalue weighted by molar-refractivity contribution is -0.137. The Labute approximate surface area is 197 Å².